The van der Waals surface area contributed by atoms with Crippen LogP contribution in [0.5, 0.6) is 0 Å². The fraction of sp³-hybridized carbons (Fsp3) is 0.750. The number of nitrogens with two attached hydrogens (primary N) is 1. The molecular formula is C12H23N5. The van der Waals surface area contributed by atoms with Gasteiger partial charge in [0.1, 0.15) is 0 Å². The molecule has 2 heterocycles. The predicted molar refractivity (Wildman–Crippen MR) is 68.8 cm³/mol. The Balaban J connectivity index is 2.03. The highest BCUT2D eigenvalue weighted by Gasteiger charge is 2.25. The Hall–Kier alpha value is -0.910. The van der Waals surface area contributed by atoms with Crippen molar-refractivity contribution in [2.75, 3.05) is 39.3 Å². The molecule has 5 heteroatoms. The van der Waals surface area contributed by atoms with Crippen molar-refractivity contribution in [3.8, 4) is 0 Å². The van der Waals surface area contributed by atoms with Gasteiger partial charge in [0.25, 0.3) is 0 Å². The Morgan fingerprint density at radius 3 is 2.59 bits per heavy atom. The molecule has 0 bridgehead atoms. The summed E-state index contributed by atoms with van der Waals surface area (Å²) in [5, 5.41) is 0. The van der Waals surface area contributed by atoms with Crippen LogP contribution in [0.4, 0.5) is 0 Å². The third-order valence-corrected chi connectivity index (χ3v) is 3.70. The van der Waals surface area contributed by atoms with Gasteiger partial charge >= 0.3 is 0 Å². The molecule has 1 unspecified atom stereocenters. The lowest BCUT2D eigenvalue weighted by molar-refractivity contribution is 0.100. The van der Waals surface area contributed by atoms with Gasteiger partial charge in [0, 0.05) is 38.4 Å². The smallest absolute Gasteiger partial charge is 0.0925 e. The molecule has 0 aromatic carbocycles. The van der Waals surface area contributed by atoms with Crippen molar-refractivity contribution in [2.45, 2.75) is 19.9 Å². The minimum absolute atomic E-state index is 0.264. The summed E-state index contributed by atoms with van der Waals surface area (Å²) in [4.78, 5) is 12.5. The van der Waals surface area contributed by atoms with E-state index in [0.29, 0.717) is 6.54 Å². The molecule has 1 fully saturated rings. The number of H-pyrrole nitrogens is 1. The summed E-state index contributed by atoms with van der Waals surface area (Å²) < 4.78 is 0. The fourth-order valence-electron chi connectivity index (χ4n) is 2.53. The summed E-state index contributed by atoms with van der Waals surface area (Å²) in [6.45, 7) is 10.5. The second-order valence-electron chi connectivity index (χ2n) is 4.63. The normalized spacial score (nSPS) is 20.6. The van der Waals surface area contributed by atoms with Crippen molar-refractivity contribution < 1.29 is 0 Å². The van der Waals surface area contributed by atoms with Crippen LogP contribution in [0.2, 0.25) is 0 Å². The largest absolute Gasteiger partial charge is 0.348 e. The highest BCUT2D eigenvalue weighted by molar-refractivity contribution is 5.14. The van der Waals surface area contributed by atoms with Gasteiger partial charge in [-0.05, 0) is 13.5 Å². The summed E-state index contributed by atoms with van der Waals surface area (Å²) >= 11 is 0. The van der Waals surface area contributed by atoms with E-state index in [1.54, 1.807) is 6.33 Å². The number of hydrogen-bond donors (Lipinski definition) is 2. The van der Waals surface area contributed by atoms with Gasteiger partial charge in [-0.3, -0.25) is 4.90 Å². The summed E-state index contributed by atoms with van der Waals surface area (Å²) in [6.07, 6.45) is 1.76. The first-order valence-corrected chi connectivity index (χ1v) is 6.42. The Labute approximate surface area is 103 Å². The molecule has 0 spiro atoms. The number of aromatic amines is 1. The van der Waals surface area contributed by atoms with Crippen molar-refractivity contribution in [1.82, 2.24) is 19.8 Å². The van der Waals surface area contributed by atoms with E-state index in [1.165, 1.54) is 0 Å². The van der Waals surface area contributed by atoms with E-state index in [-0.39, 0.29) is 6.04 Å². The van der Waals surface area contributed by atoms with Gasteiger partial charge in [0.15, 0.2) is 0 Å². The van der Waals surface area contributed by atoms with Gasteiger partial charge in [0.05, 0.1) is 18.1 Å². The maximum absolute atomic E-state index is 5.92. The van der Waals surface area contributed by atoms with E-state index >= 15 is 0 Å². The minimum atomic E-state index is 0.264. The number of piperazine rings is 1. The lowest BCUT2D eigenvalue weighted by Crippen LogP contribution is -2.49. The Morgan fingerprint density at radius 2 is 2.12 bits per heavy atom. The van der Waals surface area contributed by atoms with E-state index in [1.807, 2.05) is 0 Å². The lowest BCUT2D eigenvalue weighted by atomic mass is 10.1. The highest BCUT2D eigenvalue weighted by Crippen LogP contribution is 2.21. The molecule has 1 aromatic heterocycles. The van der Waals surface area contributed by atoms with Crippen LogP contribution in [0.15, 0.2) is 6.33 Å². The van der Waals surface area contributed by atoms with Gasteiger partial charge in [-0.25, -0.2) is 4.98 Å². The fourth-order valence-corrected chi connectivity index (χ4v) is 2.53. The van der Waals surface area contributed by atoms with Crippen molar-refractivity contribution in [3.63, 3.8) is 0 Å². The minimum Gasteiger partial charge on any atom is -0.348 e. The van der Waals surface area contributed by atoms with Crippen LogP contribution in [0, 0.1) is 6.92 Å². The lowest BCUT2D eigenvalue weighted by Gasteiger charge is -2.38. The first kappa shape index (κ1) is 12.5. The second-order valence-corrected chi connectivity index (χ2v) is 4.63. The number of aryl methyl sites for hydroxylation is 1. The van der Waals surface area contributed by atoms with E-state index in [4.69, 9.17) is 5.73 Å². The second kappa shape index (κ2) is 5.62. The van der Waals surface area contributed by atoms with Gasteiger partial charge in [-0.15, -0.1) is 0 Å². The van der Waals surface area contributed by atoms with Crippen molar-refractivity contribution in [2.24, 2.45) is 5.73 Å². The zero-order valence-corrected chi connectivity index (χ0v) is 10.8. The molecular weight excluding hydrogens is 214 g/mol. The number of imidazole rings is 1. The van der Waals surface area contributed by atoms with Crippen LogP contribution in [0.25, 0.3) is 0 Å². The third-order valence-electron chi connectivity index (χ3n) is 3.70. The molecule has 0 amide bonds. The zero-order chi connectivity index (χ0) is 12.3. The van der Waals surface area contributed by atoms with Crippen LogP contribution >= 0.6 is 0 Å². The van der Waals surface area contributed by atoms with Crippen LogP contribution in [-0.2, 0) is 0 Å². The molecule has 1 aliphatic rings. The maximum Gasteiger partial charge on any atom is 0.0925 e. The van der Waals surface area contributed by atoms with E-state index in [0.717, 1.165) is 44.1 Å². The summed E-state index contributed by atoms with van der Waals surface area (Å²) in [5.74, 6) is 0. The standard InChI is InChI=1S/C12H23N5/c1-3-16-4-6-17(7-5-16)11(8-13)12-10(2)14-9-15-12/h9,11H,3-8,13H2,1-2H3,(H,14,15). The van der Waals surface area contributed by atoms with Crippen LogP contribution < -0.4 is 5.73 Å². The van der Waals surface area contributed by atoms with Gasteiger partial charge in [-0.2, -0.15) is 0 Å². The third kappa shape index (κ3) is 2.68. The molecule has 2 rings (SSSR count). The zero-order valence-electron chi connectivity index (χ0n) is 10.8. The van der Waals surface area contributed by atoms with E-state index < -0.39 is 0 Å². The molecule has 0 aliphatic carbocycles. The number of aromatic nitrogens is 2. The van der Waals surface area contributed by atoms with Crippen LogP contribution in [0.1, 0.15) is 24.4 Å². The van der Waals surface area contributed by atoms with Crippen LogP contribution in [0.3, 0.4) is 0 Å². The predicted octanol–water partition coefficient (Wildman–Crippen LogP) is 0.355. The van der Waals surface area contributed by atoms with Gasteiger partial charge in [0.2, 0.25) is 0 Å². The van der Waals surface area contributed by atoms with Crippen molar-refractivity contribution in [1.29, 1.82) is 0 Å². The molecule has 1 aliphatic heterocycles. The Morgan fingerprint density at radius 1 is 1.41 bits per heavy atom. The van der Waals surface area contributed by atoms with E-state index in [2.05, 4.69) is 33.6 Å². The molecule has 0 saturated carbocycles. The number of nitrogens with zero attached hydrogens (tertiary/aromatic N) is 3. The monoisotopic (exact) mass is 237 g/mol. The van der Waals surface area contributed by atoms with Crippen molar-refractivity contribution >= 4 is 0 Å². The summed E-state index contributed by atoms with van der Waals surface area (Å²) in [7, 11) is 0. The molecule has 17 heavy (non-hydrogen) atoms. The first-order chi connectivity index (χ1) is 8.26. The molecule has 1 saturated heterocycles. The SMILES string of the molecule is CCN1CCN(C(CN)c2nc[nH]c2C)CC1. The first-order valence-electron chi connectivity index (χ1n) is 6.42. The Kier molecular flexibility index (Phi) is 4.15. The average Bonchev–Trinajstić information content (AvgIpc) is 2.78. The maximum atomic E-state index is 5.92. The number of hydrogen-bond acceptors (Lipinski definition) is 4. The van der Waals surface area contributed by atoms with E-state index in [9.17, 15) is 0 Å². The number of nitrogens with one attached hydrogen (secondary N) is 1. The Bertz CT molecular complexity index is 340. The average molecular weight is 237 g/mol. The quantitative estimate of drug-likeness (QED) is 0.793. The molecule has 1 aromatic rings. The molecule has 3 N–H and O–H groups in total. The molecule has 1 atom stereocenters. The summed E-state index contributed by atoms with van der Waals surface area (Å²) in [6, 6.07) is 0.264. The van der Waals surface area contributed by atoms with Gasteiger partial charge < -0.3 is 15.6 Å². The number of likely N-dealkylation sites (N-methyl/N-ethyl adjacent to an activating group) is 1. The van der Waals surface area contributed by atoms with Gasteiger partial charge in [-0.1, -0.05) is 6.92 Å². The van der Waals surface area contributed by atoms with Crippen LogP contribution in [-0.4, -0.2) is 59.0 Å². The topological polar surface area (TPSA) is 61.2 Å². The molecule has 0 radical (unpaired) electrons. The molecule has 96 valence electrons. The summed E-state index contributed by atoms with van der Waals surface area (Å²) in [5.41, 5.74) is 8.17. The molecule has 5 nitrogen and oxygen atoms in total. The van der Waals surface area contributed by atoms with Crippen molar-refractivity contribution in [3.05, 3.63) is 17.7 Å². The number of rotatable bonds is 4. The highest BCUT2D eigenvalue weighted by atomic mass is 15.3.